The molecule has 2 aromatic heterocycles. The van der Waals surface area contributed by atoms with Crippen molar-refractivity contribution >= 4 is 11.6 Å². The Balaban J connectivity index is 1.30. The molecule has 0 saturated carbocycles. The van der Waals surface area contributed by atoms with Crippen LogP contribution in [0.3, 0.4) is 0 Å². The summed E-state index contributed by atoms with van der Waals surface area (Å²) in [5.74, 6) is 1.44. The smallest absolute Gasteiger partial charge is 0.123 e. The van der Waals surface area contributed by atoms with Crippen LogP contribution in [0.2, 0.25) is 5.02 Å². The molecule has 0 spiro atoms. The molecule has 1 aliphatic heterocycles. The van der Waals surface area contributed by atoms with Gasteiger partial charge in [-0.2, -0.15) is 0 Å². The summed E-state index contributed by atoms with van der Waals surface area (Å²) >= 11 is 6.22. The van der Waals surface area contributed by atoms with Crippen LogP contribution >= 0.6 is 11.6 Å². The Labute approximate surface area is 164 Å². The largest absolute Gasteiger partial charge is 0.493 e. The molecule has 0 unspecified atom stereocenters. The second kappa shape index (κ2) is 8.55. The lowest BCUT2D eigenvalue weighted by atomic mass is 9.95. The van der Waals surface area contributed by atoms with E-state index in [-0.39, 0.29) is 0 Å². The number of hydrogen-bond donors (Lipinski definition) is 0. The van der Waals surface area contributed by atoms with Gasteiger partial charge in [-0.1, -0.05) is 17.7 Å². The molecule has 0 aliphatic carbocycles. The van der Waals surface area contributed by atoms with Crippen molar-refractivity contribution in [2.24, 2.45) is 0 Å². The van der Waals surface area contributed by atoms with Gasteiger partial charge in [0.25, 0.3) is 0 Å². The van der Waals surface area contributed by atoms with Crippen LogP contribution < -0.4 is 4.74 Å². The van der Waals surface area contributed by atoms with E-state index in [4.69, 9.17) is 16.3 Å². The summed E-state index contributed by atoms with van der Waals surface area (Å²) in [4.78, 5) is 10.9. The van der Waals surface area contributed by atoms with Crippen LogP contribution in [0.1, 0.15) is 23.6 Å². The third kappa shape index (κ3) is 4.67. The molecule has 0 amide bonds. The predicted molar refractivity (Wildman–Crippen MR) is 106 cm³/mol. The van der Waals surface area contributed by atoms with Crippen molar-refractivity contribution in [2.75, 3.05) is 19.7 Å². The summed E-state index contributed by atoms with van der Waals surface area (Å²) in [6, 6.07) is 12.0. The second-order valence-electron chi connectivity index (χ2n) is 6.90. The zero-order valence-corrected chi connectivity index (χ0v) is 15.9. The van der Waals surface area contributed by atoms with E-state index in [2.05, 4.69) is 31.6 Å². The normalized spacial score (nSPS) is 14.9. The maximum Gasteiger partial charge on any atom is 0.123 e. The number of halogens is 1. The van der Waals surface area contributed by atoms with Crippen molar-refractivity contribution in [1.29, 1.82) is 0 Å². The second-order valence-corrected chi connectivity index (χ2v) is 7.34. The molecule has 27 heavy (non-hydrogen) atoms. The van der Waals surface area contributed by atoms with Gasteiger partial charge in [-0.05, 0) is 36.8 Å². The van der Waals surface area contributed by atoms with E-state index in [0.717, 1.165) is 48.9 Å². The maximum atomic E-state index is 6.22. The van der Waals surface area contributed by atoms with Crippen LogP contribution in [0.5, 0.6) is 5.75 Å². The number of pyridine rings is 1. The number of hydrogen-bond acceptors (Lipinski definition) is 4. The van der Waals surface area contributed by atoms with Crippen LogP contribution in [-0.2, 0) is 13.1 Å². The van der Waals surface area contributed by atoms with Crippen molar-refractivity contribution in [1.82, 2.24) is 19.4 Å². The first-order chi connectivity index (χ1) is 13.3. The van der Waals surface area contributed by atoms with Gasteiger partial charge in [0.15, 0.2) is 0 Å². The quantitative estimate of drug-likeness (QED) is 0.552. The van der Waals surface area contributed by atoms with Crippen molar-refractivity contribution in [3.63, 3.8) is 0 Å². The highest BCUT2D eigenvalue weighted by Gasteiger charge is 2.29. The molecule has 6 heteroatoms. The highest BCUT2D eigenvalue weighted by atomic mass is 35.5. The van der Waals surface area contributed by atoms with Crippen molar-refractivity contribution < 1.29 is 4.74 Å². The minimum atomic E-state index is 0.518. The summed E-state index contributed by atoms with van der Waals surface area (Å²) in [6.07, 6.45) is 8.39. The highest BCUT2D eigenvalue weighted by Crippen LogP contribution is 2.30. The van der Waals surface area contributed by atoms with E-state index in [0.29, 0.717) is 12.5 Å². The first-order valence-electron chi connectivity index (χ1n) is 9.28. The van der Waals surface area contributed by atoms with Gasteiger partial charge in [-0.3, -0.25) is 9.88 Å². The van der Waals surface area contributed by atoms with Crippen LogP contribution in [0.15, 0.2) is 61.3 Å². The van der Waals surface area contributed by atoms with E-state index in [9.17, 15) is 0 Å². The Bertz CT molecular complexity index is 848. The SMILES string of the molecule is Clc1ccc(OCCCn2ccnc2)c(CN2CC(c3ccccn3)C2)c1. The third-order valence-electron chi connectivity index (χ3n) is 4.86. The third-order valence-corrected chi connectivity index (χ3v) is 5.09. The first-order valence-corrected chi connectivity index (χ1v) is 9.66. The monoisotopic (exact) mass is 382 g/mol. The Morgan fingerprint density at radius 1 is 1.15 bits per heavy atom. The number of imidazole rings is 1. The molecule has 0 radical (unpaired) electrons. The number of nitrogens with zero attached hydrogens (tertiary/aromatic N) is 4. The summed E-state index contributed by atoms with van der Waals surface area (Å²) in [5, 5.41) is 0.748. The Hall–Kier alpha value is -2.37. The number of aromatic nitrogens is 3. The lowest BCUT2D eigenvalue weighted by molar-refractivity contribution is 0.135. The number of aryl methyl sites for hydroxylation is 1. The molecule has 3 heterocycles. The lowest BCUT2D eigenvalue weighted by Gasteiger charge is -2.39. The van der Waals surface area contributed by atoms with E-state index in [1.165, 1.54) is 5.69 Å². The molecule has 1 fully saturated rings. The fraction of sp³-hybridized carbons (Fsp3) is 0.333. The number of benzene rings is 1. The van der Waals surface area contributed by atoms with Gasteiger partial charge in [0.1, 0.15) is 5.75 Å². The fourth-order valence-electron chi connectivity index (χ4n) is 3.41. The molecule has 5 nitrogen and oxygen atoms in total. The molecule has 0 bridgehead atoms. The van der Waals surface area contributed by atoms with E-state index < -0.39 is 0 Å². The van der Waals surface area contributed by atoms with Gasteiger partial charge >= 0.3 is 0 Å². The summed E-state index contributed by atoms with van der Waals surface area (Å²) < 4.78 is 8.10. The molecule has 3 aromatic rings. The Kier molecular flexibility index (Phi) is 5.70. The van der Waals surface area contributed by atoms with Crippen molar-refractivity contribution in [3.05, 3.63) is 77.6 Å². The highest BCUT2D eigenvalue weighted by molar-refractivity contribution is 6.30. The molecule has 0 N–H and O–H groups in total. The van der Waals surface area contributed by atoms with Crippen LogP contribution in [-0.4, -0.2) is 39.1 Å². The molecule has 1 aromatic carbocycles. The topological polar surface area (TPSA) is 43.2 Å². The standard InChI is InChI=1S/C21H23ClN4O/c22-19-5-6-21(27-11-3-9-25-10-8-23-16-25)17(12-19)13-26-14-18(15-26)20-4-1-2-7-24-20/h1-2,4-8,10,12,16,18H,3,9,11,13-15H2. The van der Waals surface area contributed by atoms with E-state index in [1.807, 2.05) is 43.0 Å². The molecule has 140 valence electrons. The minimum absolute atomic E-state index is 0.518. The average Bonchev–Trinajstić information content (AvgIpc) is 3.17. The molecule has 1 aliphatic rings. The van der Waals surface area contributed by atoms with Gasteiger partial charge in [-0.25, -0.2) is 4.98 Å². The molecule has 1 saturated heterocycles. The zero-order valence-electron chi connectivity index (χ0n) is 15.2. The Morgan fingerprint density at radius 3 is 2.85 bits per heavy atom. The fourth-order valence-corrected chi connectivity index (χ4v) is 3.60. The van der Waals surface area contributed by atoms with Crippen molar-refractivity contribution in [3.8, 4) is 5.75 Å². The lowest BCUT2D eigenvalue weighted by Crippen LogP contribution is -2.44. The number of rotatable bonds is 8. The summed E-state index contributed by atoms with van der Waals surface area (Å²) in [5.41, 5.74) is 2.32. The van der Waals surface area contributed by atoms with E-state index in [1.54, 1.807) is 6.20 Å². The van der Waals surface area contributed by atoms with Gasteiger partial charge in [-0.15, -0.1) is 0 Å². The van der Waals surface area contributed by atoms with Crippen LogP contribution in [0, 0.1) is 0 Å². The average molecular weight is 383 g/mol. The minimum Gasteiger partial charge on any atom is -0.493 e. The molecular weight excluding hydrogens is 360 g/mol. The molecule has 0 atom stereocenters. The molecule has 4 rings (SSSR count). The van der Waals surface area contributed by atoms with Gasteiger partial charge in [0.05, 0.1) is 12.9 Å². The van der Waals surface area contributed by atoms with Crippen molar-refractivity contribution in [2.45, 2.75) is 25.4 Å². The Morgan fingerprint density at radius 2 is 2.07 bits per heavy atom. The number of likely N-dealkylation sites (tertiary alicyclic amines) is 1. The first kappa shape index (κ1) is 18.0. The summed E-state index contributed by atoms with van der Waals surface area (Å²) in [7, 11) is 0. The zero-order chi connectivity index (χ0) is 18.5. The van der Waals surface area contributed by atoms with Gasteiger partial charge < -0.3 is 9.30 Å². The number of ether oxygens (including phenoxy) is 1. The van der Waals surface area contributed by atoms with E-state index >= 15 is 0 Å². The predicted octanol–water partition coefficient (Wildman–Crippen LogP) is 4.00. The van der Waals surface area contributed by atoms with Crippen LogP contribution in [0.4, 0.5) is 0 Å². The maximum absolute atomic E-state index is 6.22. The molecular formula is C21H23ClN4O. The van der Waals surface area contributed by atoms with Gasteiger partial charge in [0.2, 0.25) is 0 Å². The van der Waals surface area contributed by atoms with Crippen LogP contribution in [0.25, 0.3) is 0 Å². The summed E-state index contributed by atoms with van der Waals surface area (Å²) in [6.45, 7) is 4.46. The van der Waals surface area contributed by atoms with Gasteiger partial charge in [0, 0.05) is 67.0 Å².